The van der Waals surface area contributed by atoms with E-state index in [-0.39, 0.29) is 18.4 Å². The Labute approximate surface area is 128 Å². The molecule has 1 saturated carbocycles. The Bertz CT molecular complexity index is 315. The number of nitrogens with one attached hydrogen (secondary N) is 1. The predicted molar refractivity (Wildman–Crippen MR) is 83.0 cm³/mol. The molecular formula is C16H30N2O3. The highest BCUT2D eigenvalue weighted by atomic mass is 16.5. The van der Waals surface area contributed by atoms with E-state index in [1.54, 1.807) is 6.92 Å². The summed E-state index contributed by atoms with van der Waals surface area (Å²) in [6, 6.07) is 0.357. The third kappa shape index (κ3) is 8.05. The highest BCUT2D eigenvalue weighted by Crippen LogP contribution is 2.17. The van der Waals surface area contributed by atoms with Crippen molar-refractivity contribution in [1.29, 1.82) is 0 Å². The van der Waals surface area contributed by atoms with E-state index in [0.29, 0.717) is 25.6 Å². The lowest BCUT2D eigenvalue weighted by molar-refractivity contribution is -0.144. The number of hydrogen-bond donors (Lipinski definition) is 1. The molecule has 1 N–H and O–H groups in total. The molecule has 0 radical (unpaired) electrons. The van der Waals surface area contributed by atoms with Crippen molar-refractivity contribution in [2.45, 2.75) is 64.8 Å². The van der Waals surface area contributed by atoms with E-state index >= 15 is 0 Å². The molecule has 1 aliphatic carbocycles. The van der Waals surface area contributed by atoms with E-state index in [1.165, 1.54) is 19.3 Å². The summed E-state index contributed by atoms with van der Waals surface area (Å²) in [5.74, 6) is -0.106. The molecule has 0 aromatic carbocycles. The van der Waals surface area contributed by atoms with Crippen molar-refractivity contribution in [3.63, 3.8) is 0 Å². The molecule has 0 spiro atoms. The summed E-state index contributed by atoms with van der Waals surface area (Å²) in [5, 5.41) is 3.11. The topological polar surface area (TPSA) is 58.6 Å². The van der Waals surface area contributed by atoms with Crippen LogP contribution in [0.25, 0.3) is 0 Å². The molecule has 1 aliphatic rings. The lowest BCUT2D eigenvalue weighted by atomic mass is 9.95. The van der Waals surface area contributed by atoms with Gasteiger partial charge in [-0.15, -0.1) is 0 Å². The van der Waals surface area contributed by atoms with Gasteiger partial charge in [-0.2, -0.15) is 0 Å². The van der Waals surface area contributed by atoms with Gasteiger partial charge in [-0.25, -0.2) is 0 Å². The number of ether oxygens (including phenoxy) is 1. The van der Waals surface area contributed by atoms with Gasteiger partial charge in [0.1, 0.15) is 0 Å². The molecule has 1 amide bonds. The third-order valence-electron chi connectivity index (χ3n) is 3.82. The fourth-order valence-electron chi connectivity index (χ4n) is 2.78. The Morgan fingerprint density at radius 1 is 1.14 bits per heavy atom. The summed E-state index contributed by atoms with van der Waals surface area (Å²) >= 11 is 0. The van der Waals surface area contributed by atoms with Crippen LogP contribution >= 0.6 is 0 Å². The number of amides is 1. The van der Waals surface area contributed by atoms with Gasteiger partial charge in [0.2, 0.25) is 5.91 Å². The number of carbonyl (C=O) groups is 2. The molecule has 0 aliphatic heterocycles. The first-order valence-electron chi connectivity index (χ1n) is 8.33. The zero-order valence-corrected chi connectivity index (χ0v) is 13.5. The minimum Gasteiger partial charge on any atom is -0.465 e. The van der Waals surface area contributed by atoms with Crippen molar-refractivity contribution < 1.29 is 14.3 Å². The third-order valence-corrected chi connectivity index (χ3v) is 3.82. The van der Waals surface area contributed by atoms with Gasteiger partial charge in [-0.1, -0.05) is 26.2 Å². The summed E-state index contributed by atoms with van der Waals surface area (Å²) in [5.41, 5.74) is 0. The van der Waals surface area contributed by atoms with E-state index in [4.69, 9.17) is 4.74 Å². The molecule has 0 aromatic rings. The maximum absolute atomic E-state index is 12.0. The Kier molecular flexibility index (Phi) is 9.06. The van der Waals surface area contributed by atoms with E-state index in [0.717, 1.165) is 25.8 Å². The fraction of sp³-hybridized carbons (Fsp3) is 0.875. The highest BCUT2D eigenvalue weighted by Gasteiger charge is 2.17. The van der Waals surface area contributed by atoms with Crippen molar-refractivity contribution in [1.82, 2.24) is 10.2 Å². The highest BCUT2D eigenvalue weighted by molar-refractivity contribution is 5.76. The molecule has 0 atom stereocenters. The Morgan fingerprint density at radius 2 is 1.86 bits per heavy atom. The zero-order valence-electron chi connectivity index (χ0n) is 13.5. The maximum atomic E-state index is 12.0. The Morgan fingerprint density at radius 3 is 2.48 bits per heavy atom. The van der Waals surface area contributed by atoms with Crippen LogP contribution in [0.2, 0.25) is 0 Å². The van der Waals surface area contributed by atoms with E-state index in [9.17, 15) is 9.59 Å². The summed E-state index contributed by atoms with van der Waals surface area (Å²) in [6.45, 7) is 5.99. The molecule has 0 aromatic heterocycles. The largest absolute Gasteiger partial charge is 0.465 e. The van der Waals surface area contributed by atoms with Gasteiger partial charge >= 0.3 is 5.97 Å². The second-order valence-corrected chi connectivity index (χ2v) is 5.73. The first-order valence-corrected chi connectivity index (χ1v) is 8.33. The van der Waals surface area contributed by atoms with Crippen molar-refractivity contribution in [3.05, 3.63) is 0 Å². The van der Waals surface area contributed by atoms with Crippen molar-refractivity contribution in [2.24, 2.45) is 0 Å². The van der Waals surface area contributed by atoms with Gasteiger partial charge in [0.15, 0.2) is 0 Å². The van der Waals surface area contributed by atoms with Crippen molar-refractivity contribution in [2.75, 3.05) is 26.2 Å². The van der Waals surface area contributed by atoms with Crippen molar-refractivity contribution in [3.8, 4) is 0 Å². The van der Waals surface area contributed by atoms with Gasteiger partial charge in [0, 0.05) is 19.0 Å². The normalized spacial score (nSPS) is 16.0. The van der Waals surface area contributed by atoms with Gasteiger partial charge in [-0.05, 0) is 32.7 Å². The molecule has 122 valence electrons. The smallest absolute Gasteiger partial charge is 0.320 e. The molecule has 0 saturated heterocycles. The summed E-state index contributed by atoms with van der Waals surface area (Å²) in [4.78, 5) is 25.5. The summed E-state index contributed by atoms with van der Waals surface area (Å²) in [6.07, 6.45) is 7.35. The summed E-state index contributed by atoms with van der Waals surface area (Å²) < 4.78 is 4.97. The van der Waals surface area contributed by atoms with E-state index < -0.39 is 0 Å². The minimum absolute atomic E-state index is 0.104. The van der Waals surface area contributed by atoms with Gasteiger partial charge in [-0.3, -0.25) is 14.5 Å². The average molecular weight is 298 g/mol. The number of nitrogens with zero attached hydrogens (tertiary/aromatic N) is 1. The van der Waals surface area contributed by atoms with Crippen LogP contribution in [-0.4, -0.2) is 49.1 Å². The van der Waals surface area contributed by atoms with Crippen LogP contribution in [0.15, 0.2) is 0 Å². The van der Waals surface area contributed by atoms with Crippen LogP contribution in [0.5, 0.6) is 0 Å². The van der Waals surface area contributed by atoms with Gasteiger partial charge in [0.25, 0.3) is 0 Å². The molecule has 1 fully saturated rings. The molecule has 21 heavy (non-hydrogen) atoms. The monoisotopic (exact) mass is 298 g/mol. The fourth-order valence-corrected chi connectivity index (χ4v) is 2.78. The van der Waals surface area contributed by atoms with E-state index in [2.05, 4.69) is 12.2 Å². The maximum Gasteiger partial charge on any atom is 0.320 e. The first-order chi connectivity index (χ1) is 10.2. The lowest BCUT2D eigenvalue weighted by Crippen LogP contribution is -2.39. The number of esters is 1. The second-order valence-electron chi connectivity index (χ2n) is 5.73. The van der Waals surface area contributed by atoms with Crippen LogP contribution in [0.4, 0.5) is 0 Å². The van der Waals surface area contributed by atoms with Crippen LogP contribution < -0.4 is 5.32 Å². The molecule has 5 heteroatoms. The van der Waals surface area contributed by atoms with Crippen molar-refractivity contribution >= 4 is 11.9 Å². The van der Waals surface area contributed by atoms with E-state index in [1.807, 2.05) is 4.90 Å². The number of carbonyl (C=O) groups excluding carboxylic acids is 2. The van der Waals surface area contributed by atoms with Crippen LogP contribution in [0.1, 0.15) is 58.8 Å². The lowest BCUT2D eigenvalue weighted by Gasteiger charge is -2.24. The molecule has 5 nitrogen and oxygen atoms in total. The molecular weight excluding hydrogens is 268 g/mol. The standard InChI is InChI=1S/C16H30N2O3/c1-3-11-18(13-16(20)21-4-2)12-10-15(19)17-14-8-6-5-7-9-14/h14H,3-13H2,1-2H3,(H,17,19). The summed E-state index contributed by atoms with van der Waals surface area (Å²) in [7, 11) is 0. The van der Waals surface area contributed by atoms with Crippen LogP contribution in [0, 0.1) is 0 Å². The molecule has 0 bridgehead atoms. The Hall–Kier alpha value is -1.10. The molecule has 1 rings (SSSR count). The van der Waals surface area contributed by atoms with Gasteiger partial charge < -0.3 is 10.1 Å². The Balaban J connectivity index is 2.27. The number of hydrogen-bond acceptors (Lipinski definition) is 4. The SMILES string of the molecule is CCCN(CCC(=O)NC1CCCCC1)CC(=O)OCC. The quantitative estimate of drug-likeness (QED) is 0.662. The van der Waals surface area contributed by atoms with Crippen LogP contribution in [0.3, 0.4) is 0 Å². The minimum atomic E-state index is -0.210. The first kappa shape index (κ1) is 18.0. The average Bonchev–Trinajstić information content (AvgIpc) is 2.46. The predicted octanol–water partition coefficient (Wildman–Crippen LogP) is 2.10. The van der Waals surface area contributed by atoms with Crippen LogP contribution in [-0.2, 0) is 14.3 Å². The zero-order chi connectivity index (χ0) is 15.5. The molecule has 0 unspecified atom stereocenters. The molecule has 0 heterocycles. The number of rotatable bonds is 9. The van der Waals surface area contributed by atoms with Gasteiger partial charge in [0.05, 0.1) is 13.2 Å². The second kappa shape index (κ2) is 10.6.